The lowest BCUT2D eigenvalue weighted by Crippen LogP contribution is -2.39. The van der Waals surface area contributed by atoms with Gasteiger partial charge in [0.2, 0.25) is 10.0 Å². The van der Waals surface area contributed by atoms with Gasteiger partial charge in [-0.2, -0.15) is 4.31 Å². The number of fused-ring (bicyclic) bond motifs is 1. The van der Waals surface area contributed by atoms with Crippen molar-refractivity contribution in [2.24, 2.45) is 0 Å². The van der Waals surface area contributed by atoms with Crippen molar-refractivity contribution < 1.29 is 17.9 Å². The van der Waals surface area contributed by atoms with Gasteiger partial charge in [0.05, 0.1) is 23.6 Å². The molecule has 146 valence electrons. The zero-order valence-electron chi connectivity index (χ0n) is 15.2. The predicted octanol–water partition coefficient (Wildman–Crippen LogP) is 3.15. The number of ether oxygens (including phenoxy) is 1. The first-order chi connectivity index (χ1) is 12.7. The van der Waals surface area contributed by atoms with Crippen LogP contribution >= 0.6 is 22.9 Å². The summed E-state index contributed by atoms with van der Waals surface area (Å²) >= 11 is 7.26. The van der Waals surface area contributed by atoms with Crippen molar-refractivity contribution in [1.29, 1.82) is 0 Å². The number of benzene rings is 1. The van der Waals surface area contributed by atoms with E-state index in [2.05, 4.69) is 10.3 Å². The Bertz CT molecular complexity index is 973. The van der Waals surface area contributed by atoms with Crippen LogP contribution in [0.25, 0.3) is 0 Å². The number of sulfonamides is 1. The van der Waals surface area contributed by atoms with Crippen LogP contribution in [-0.4, -0.2) is 42.5 Å². The van der Waals surface area contributed by atoms with Gasteiger partial charge in [0.1, 0.15) is 5.75 Å². The molecule has 10 heteroatoms. The Hall–Kier alpha value is -1.68. The molecule has 2 heterocycles. The van der Waals surface area contributed by atoms with E-state index in [1.54, 1.807) is 26.0 Å². The molecule has 0 unspecified atom stereocenters. The van der Waals surface area contributed by atoms with Crippen molar-refractivity contribution in [3.63, 3.8) is 0 Å². The number of nitrogens with zero attached hydrogens (tertiary/aromatic N) is 2. The number of anilines is 1. The smallest absolute Gasteiger partial charge is 0.261 e. The molecule has 1 aromatic carbocycles. The van der Waals surface area contributed by atoms with Crippen LogP contribution in [-0.2, 0) is 23.0 Å². The number of aromatic nitrogens is 1. The van der Waals surface area contributed by atoms with E-state index in [0.717, 1.165) is 10.6 Å². The fourth-order valence-electron chi connectivity index (χ4n) is 2.76. The summed E-state index contributed by atoms with van der Waals surface area (Å²) in [7, 11) is -1.84. The van der Waals surface area contributed by atoms with E-state index in [1.807, 2.05) is 0 Å². The molecular formula is C17H20ClN3O4S2. The molecule has 0 aliphatic carbocycles. The maximum Gasteiger partial charge on any atom is 0.261 e. The number of hydrogen-bond acceptors (Lipinski definition) is 6. The quantitative estimate of drug-likeness (QED) is 0.788. The summed E-state index contributed by atoms with van der Waals surface area (Å²) in [6.07, 6.45) is 0.522. The Balaban J connectivity index is 1.79. The summed E-state index contributed by atoms with van der Waals surface area (Å²) in [6, 6.07) is 4.79. The van der Waals surface area contributed by atoms with E-state index in [0.29, 0.717) is 34.4 Å². The number of methoxy groups -OCH3 is 1. The number of carbonyl (C=O) groups is 1. The number of nitrogens with one attached hydrogen (secondary N) is 1. The third-order valence-electron chi connectivity index (χ3n) is 4.28. The molecule has 1 N–H and O–H groups in total. The minimum absolute atomic E-state index is 0.282. The van der Waals surface area contributed by atoms with E-state index < -0.39 is 15.3 Å². The van der Waals surface area contributed by atoms with Gasteiger partial charge in [-0.05, 0) is 32.0 Å². The van der Waals surface area contributed by atoms with Gasteiger partial charge in [-0.25, -0.2) is 13.4 Å². The summed E-state index contributed by atoms with van der Waals surface area (Å²) in [5.41, 5.74) is 1.13. The average Bonchev–Trinajstić information content (AvgIpc) is 3.02. The number of amides is 1. The van der Waals surface area contributed by atoms with Crippen LogP contribution in [0.1, 0.15) is 34.8 Å². The van der Waals surface area contributed by atoms with Crippen LogP contribution < -0.4 is 10.1 Å². The minimum Gasteiger partial charge on any atom is -0.496 e. The normalized spacial score (nSPS) is 14.9. The van der Waals surface area contributed by atoms with Crippen molar-refractivity contribution in [1.82, 2.24) is 9.29 Å². The maximum absolute atomic E-state index is 12.6. The van der Waals surface area contributed by atoms with E-state index >= 15 is 0 Å². The van der Waals surface area contributed by atoms with Gasteiger partial charge in [0, 0.05) is 29.4 Å². The van der Waals surface area contributed by atoms with E-state index in [9.17, 15) is 13.2 Å². The zero-order valence-corrected chi connectivity index (χ0v) is 17.5. The highest BCUT2D eigenvalue weighted by Crippen LogP contribution is 2.31. The van der Waals surface area contributed by atoms with Crippen LogP contribution in [0.5, 0.6) is 5.75 Å². The van der Waals surface area contributed by atoms with Crippen molar-refractivity contribution in [2.75, 3.05) is 19.0 Å². The van der Waals surface area contributed by atoms with Crippen LogP contribution in [0, 0.1) is 0 Å². The first-order valence-corrected chi connectivity index (χ1v) is 11.0. The monoisotopic (exact) mass is 429 g/mol. The van der Waals surface area contributed by atoms with Crippen LogP contribution in [0.2, 0.25) is 5.02 Å². The van der Waals surface area contributed by atoms with E-state index in [-0.39, 0.29) is 12.5 Å². The number of hydrogen-bond donors (Lipinski definition) is 1. The highest BCUT2D eigenvalue weighted by molar-refractivity contribution is 7.89. The van der Waals surface area contributed by atoms with Crippen molar-refractivity contribution in [2.45, 2.75) is 32.1 Å². The molecule has 3 rings (SSSR count). The van der Waals surface area contributed by atoms with Gasteiger partial charge in [-0.1, -0.05) is 11.6 Å². The molecule has 1 aliphatic heterocycles. The van der Waals surface area contributed by atoms with Crippen molar-refractivity contribution >= 4 is 44.0 Å². The molecule has 1 amide bonds. The van der Waals surface area contributed by atoms with Gasteiger partial charge in [-0.15, -0.1) is 11.3 Å². The first-order valence-electron chi connectivity index (χ1n) is 8.34. The summed E-state index contributed by atoms with van der Waals surface area (Å²) in [4.78, 5) is 17.9. The Labute approximate surface area is 167 Å². The van der Waals surface area contributed by atoms with Crippen molar-refractivity contribution in [3.8, 4) is 5.75 Å². The van der Waals surface area contributed by atoms with Gasteiger partial charge in [0.15, 0.2) is 5.13 Å². The highest BCUT2D eigenvalue weighted by atomic mass is 35.5. The van der Waals surface area contributed by atoms with Crippen LogP contribution in [0.4, 0.5) is 5.13 Å². The number of thiazole rings is 1. The Morgan fingerprint density at radius 3 is 2.81 bits per heavy atom. The third-order valence-corrected chi connectivity index (χ3v) is 7.73. The molecule has 0 fully saturated rings. The molecule has 2 aromatic rings. The minimum atomic E-state index is -3.32. The molecule has 0 bridgehead atoms. The summed E-state index contributed by atoms with van der Waals surface area (Å²) in [5, 5.41) is 3.14. The molecule has 0 spiro atoms. The lowest BCUT2D eigenvalue weighted by Gasteiger charge is -2.26. The number of halogens is 1. The summed E-state index contributed by atoms with van der Waals surface area (Å²) in [6.45, 7) is 4.01. The Kier molecular flexibility index (Phi) is 5.76. The average molecular weight is 430 g/mol. The molecule has 0 saturated heterocycles. The van der Waals surface area contributed by atoms with E-state index in [1.165, 1.54) is 28.8 Å². The molecule has 7 nitrogen and oxygen atoms in total. The third kappa shape index (κ3) is 4.11. The molecule has 1 aromatic heterocycles. The van der Waals surface area contributed by atoms with Crippen LogP contribution in [0.3, 0.4) is 0 Å². The second kappa shape index (κ2) is 7.75. The number of carbonyl (C=O) groups excluding carboxylic acids is 1. The standard InChI is InChI=1S/C17H20ClN3O4S2/c1-10(2)27(23,24)21-7-6-13-15(9-21)26-17(19-13)20-16(22)12-8-11(18)4-5-14(12)25-3/h4-5,8,10H,6-7,9H2,1-3H3,(H,19,20,22). The SMILES string of the molecule is COc1ccc(Cl)cc1C(=O)Nc1nc2c(s1)CN(S(=O)(=O)C(C)C)CC2. The Morgan fingerprint density at radius 2 is 2.15 bits per heavy atom. The summed E-state index contributed by atoms with van der Waals surface area (Å²) in [5.74, 6) is 0.0273. The lowest BCUT2D eigenvalue weighted by molar-refractivity contribution is 0.102. The lowest BCUT2D eigenvalue weighted by atomic mass is 10.2. The van der Waals surface area contributed by atoms with Gasteiger partial charge in [0.25, 0.3) is 5.91 Å². The first kappa shape index (κ1) is 20.1. The fraction of sp³-hybridized carbons (Fsp3) is 0.412. The number of rotatable bonds is 5. The van der Waals surface area contributed by atoms with Gasteiger partial charge < -0.3 is 4.74 Å². The van der Waals surface area contributed by atoms with E-state index in [4.69, 9.17) is 16.3 Å². The molecule has 1 aliphatic rings. The van der Waals surface area contributed by atoms with Crippen molar-refractivity contribution in [3.05, 3.63) is 39.4 Å². The van der Waals surface area contributed by atoms with Crippen LogP contribution in [0.15, 0.2) is 18.2 Å². The highest BCUT2D eigenvalue weighted by Gasteiger charge is 2.31. The molecule has 0 atom stereocenters. The second-order valence-corrected chi connectivity index (χ2v) is 10.4. The molecule has 27 heavy (non-hydrogen) atoms. The Morgan fingerprint density at radius 1 is 1.41 bits per heavy atom. The van der Waals surface area contributed by atoms with Gasteiger partial charge in [-0.3, -0.25) is 10.1 Å². The van der Waals surface area contributed by atoms with Gasteiger partial charge >= 0.3 is 0 Å². The molecule has 0 saturated carbocycles. The molecular weight excluding hydrogens is 410 g/mol. The largest absolute Gasteiger partial charge is 0.496 e. The zero-order chi connectivity index (χ0) is 19.8. The maximum atomic E-state index is 12.6. The molecule has 0 radical (unpaired) electrons. The topological polar surface area (TPSA) is 88.6 Å². The predicted molar refractivity (Wildman–Crippen MR) is 106 cm³/mol. The fourth-order valence-corrected chi connectivity index (χ4v) is 5.29. The second-order valence-electron chi connectivity index (χ2n) is 6.36. The summed E-state index contributed by atoms with van der Waals surface area (Å²) < 4.78 is 31.4.